The molecule has 0 unspecified atom stereocenters. The minimum atomic E-state index is -0.246. The van der Waals surface area contributed by atoms with E-state index in [2.05, 4.69) is 9.88 Å². The van der Waals surface area contributed by atoms with Crippen LogP contribution in [0, 0.1) is 0 Å². The summed E-state index contributed by atoms with van der Waals surface area (Å²) in [7, 11) is 1.56. The number of anilines is 1. The summed E-state index contributed by atoms with van der Waals surface area (Å²) >= 11 is 7.43. The quantitative estimate of drug-likeness (QED) is 0.222. The van der Waals surface area contributed by atoms with E-state index in [1.807, 2.05) is 36.4 Å². The number of methoxy groups -OCH3 is 1. The zero-order chi connectivity index (χ0) is 27.6. The predicted molar refractivity (Wildman–Crippen MR) is 158 cm³/mol. The number of likely N-dealkylation sites (tertiary alicyclic amines) is 1. The molecule has 0 spiro atoms. The number of ether oxygens (including phenoxy) is 1. The number of halogens is 1. The number of aromatic nitrogens is 2. The van der Waals surface area contributed by atoms with Crippen LogP contribution in [-0.2, 0) is 0 Å². The van der Waals surface area contributed by atoms with E-state index in [-0.39, 0.29) is 17.2 Å². The lowest BCUT2D eigenvalue weighted by molar-refractivity contribution is 0.0957. The number of rotatable bonds is 8. The van der Waals surface area contributed by atoms with Gasteiger partial charge in [0, 0.05) is 29.1 Å². The number of thiophene rings is 1. The molecule has 1 saturated heterocycles. The van der Waals surface area contributed by atoms with Crippen molar-refractivity contribution >= 4 is 44.7 Å². The topological polar surface area (TPSA) is 80.8 Å². The van der Waals surface area contributed by atoms with Gasteiger partial charge in [0.05, 0.1) is 30.3 Å². The normalized spacial score (nSPS) is 13.7. The molecule has 0 radical (unpaired) electrons. The molecule has 1 aliphatic heterocycles. The van der Waals surface area contributed by atoms with Crippen LogP contribution < -0.4 is 15.2 Å². The van der Waals surface area contributed by atoms with Crippen molar-refractivity contribution in [3.8, 4) is 21.9 Å². The number of hydrogen-bond donors (Lipinski definition) is 0. The number of carbonyl (C=O) groups excluding carboxylic acids is 1. The molecule has 204 valence electrons. The molecule has 0 atom stereocenters. The van der Waals surface area contributed by atoms with Crippen molar-refractivity contribution in [1.29, 1.82) is 0 Å². The zero-order valence-electron chi connectivity index (χ0n) is 21.9. The molecule has 1 fully saturated rings. The molecule has 4 heterocycles. The van der Waals surface area contributed by atoms with Gasteiger partial charge in [-0.15, -0.1) is 11.3 Å². The van der Waals surface area contributed by atoms with Crippen molar-refractivity contribution in [2.24, 2.45) is 0 Å². The summed E-state index contributed by atoms with van der Waals surface area (Å²) < 4.78 is 13.2. The van der Waals surface area contributed by atoms with E-state index in [1.54, 1.807) is 36.3 Å². The molecule has 6 rings (SSSR count). The second-order valence-corrected chi connectivity index (χ2v) is 11.1. The summed E-state index contributed by atoms with van der Waals surface area (Å²) in [6.07, 6.45) is 5.35. The molecule has 1 aliphatic rings. The monoisotopic (exact) mass is 574 g/mol. The van der Waals surface area contributed by atoms with E-state index in [9.17, 15) is 9.59 Å². The smallest absolute Gasteiger partial charge is 0.294 e. The summed E-state index contributed by atoms with van der Waals surface area (Å²) in [6, 6.07) is 18.1. The van der Waals surface area contributed by atoms with E-state index >= 15 is 0 Å². The van der Waals surface area contributed by atoms with Crippen LogP contribution >= 0.6 is 22.9 Å². The van der Waals surface area contributed by atoms with Crippen molar-refractivity contribution in [2.75, 3.05) is 38.2 Å². The Hall–Kier alpha value is -3.92. The van der Waals surface area contributed by atoms with Gasteiger partial charge in [0.1, 0.15) is 16.8 Å². The van der Waals surface area contributed by atoms with Crippen molar-refractivity contribution < 1.29 is 13.9 Å². The first-order valence-corrected chi connectivity index (χ1v) is 14.2. The van der Waals surface area contributed by atoms with Gasteiger partial charge in [0.2, 0.25) is 0 Å². The van der Waals surface area contributed by atoms with E-state index in [0.717, 1.165) is 30.1 Å². The van der Waals surface area contributed by atoms with Crippen LogP contribution in [0.25, 0.3) is 26.3 Å². The van der Waals surface area contributed by atoms with Gasteiger partial charge in [0.15, 0.2) is 5.76 Å². The summed E-state index contributed by atoms with van der Waals surface area (Å²) in [5, 5.41) is 0.656. The second-order valence-electron chi connectivity index (χ2n) is 9.59. The van der Waals surface area contributed by atoms with Crippen molar-refractivity contribution in [2.45, 2.75) is 12.8 Å². The van der Waals surface area contributed by atoms with Gasteiger partial charge >= 0.3 is 0 Å². The second kappa shape index (κ2) is 11.3. The minimum absolute atomic E-state index is 0.178. The Morgan fingerprint density at radius 2 is 1.93 bits per heavy atom. The summed E-state index contributed by atoms with van der Waals surface area (Å²) in [6.45, 7) is 3.27. The highest BCUT2D eigenvalue weighted by molar-refractivity contribution is 7.22. The van der Waals surface area contributed by atoms with Gasteiger partial charge in [-0.3, -0.25) is 14.2 Å². The fourth-order valence-electron chi connectivity index (χ4n) is 5.00. The number of carbonyl (C=O) groups is 1. The molecular formula is C30H27ClN4O4S. The van der Waals surface area contributed by atoms with Gasteiger partial charge in [-0.25, -0.2) is 4.98 Å². The Morgan fingerprint density at radius 3 is 2.65 bits per heavy atom. The molecule has 0 saturated carbocycles. The number of amides is 1. The maximum atomic E-state index is 13.5. The molecule has 1 amide bonds. The standard InChI is InChI=1S/C30H27ClN4O4S/c1-38-26-17-22(35-19-32-23-18-27(40-28(23)30(35)37)20-6-8-21(31)9-7-20)10-11-24(26)34(15-14-33-12-2-3-13-33)29(36)25-5-4-16-39-25/h4-11,16-19H,2-3,12-15H2,1H3. The third-order valence-electron chi connectivity index (χ3n) is 7.11. The number of nitrogens with zero attached hydrogens (tertiary/aromatic N) is 4. The zero-order valence-corrected chi connectivity index (χ0v) is 23.5. The van der Waals surface area contributed by atoms with Gasteiger partial charge in [-0.1, -0.05) is 23.7 Å². The first kappa shape index (κ1) is 26.3. The summed E-state index contributed by atoms with van der Waals surface area (Å²) in [4.78, 5) is 36.5. The van der Waals surface area contributed by atoms with E-state index < -0.39 is 0 Å². The maximum Gasteiger partial charge on any atom is 0.294 e. The van der Waals surface area contributed by atoms with Gasteiger partial charge < -0.3 is 19.0 Å². The average molecular weight is 575 g/mol. The summed E-state index contributed by atoms with van der Waals surface area (Å²) in [5.41, 5.74) is 2.63. The largest absolute Gasteiger partial charge is 0.494 e. The number of hydrogen-bond acceptors (Lipinski definition) is 7. The van der Waals surface area contributed by atoms with Gasteiger partial charge in [-0.2, -0.15) is 0 Å². The summed E-state index contributed by atoms with van der Waals surface area (Å²) in [5.74, 6) is 0.482. The molecule has 0 bridgehead atoms. The third kappa shape index (κ3) is 5.15. The molecule has 2 aromatic carbocycles. The lowest BCUT2D eigenvalue weighted by Gasteiger charge is -2.26. The molecule has 3 aromatic heterocycles. The lowest BCUT2D eigenvalue weighted by Crippen LogP contribution is -2.38. The Labute approximate surface area is 240 Å². The predicted octanol–water partition coefficient (Wildman–Crippen LogP) is 6.11. The van der Waals surface area contributed by atoms with Crippen LogP contribution in [0.15, 0.2) is 82.5 Å². The number of furan rings is 1. The molecule has 0 aliphatic carbocycles. The Kier molecular flexibility index (Phi) is 7.42. The molecule has 5 aromatic rings. The lowest BCUT2D eigenvalue weighted by atomic mass is 10.2. The minimum Gasteiger partial charge on any atom is -0.494 e. The fourth-order valence-corrected chi connectivity index (χ4v) is 6.18. The number of fused-ring (bicyclic) bond motifs is 1. The highest BCUT2D eigenvalue weighted by atomic mass is 35.5. The SMILES string of the molecule is COc1cc(-n2cnc3cc(-c4ccc(Cl)cc4)sc3c2=O)ccc1N(CCN1CCCC1)C(=O)c1ccco1. The van der Waals surface area contributed by atoms with Gasteiger partial charge in [0.25, 0.3) is 11.5 Å². The first-order valence-electron chi connectivity index (χ1n) is 13.0. The highest BCUT2D eigenvalue weighted by Gasteiger charge is 2.25. The molecule has 8 nitrogen and oxygen atoms in total. The molecule has 10 heteroatoms. The number of benzene rings is 2. The Morgan fingerprint density at radius 1 is 1.12 bits per heavy atom. The van der Waals surface area contributed by atoms with E-state index in [4.69, 9.17) is 20.8 Å². The molecular weight excluding hydrogens is 548 g/mol. The van der Waals surface area contributed by atoms with Crippen LogP contribution in [-0.4, -0.2) is 53.6 Å². The van der Waals surface area contributed by atoms with Crippen LogP contribution in [0.4, 0.5) is 5.69 Å². The Balaban J connectivity index is 1.35. The van der Waals surface area contributed by atoms with E-state index in [0.29, 0.717) is 38.9 Å². The third-order valence-corrected chi connectivity index (χ3v) is 8.53. The highest BCUT2D eigenvalue weighted by Crippen LogP contribution is 2.34. The Bertz CT molecular complexity index is 1710. The van der Waals surface area contributed by atoms with Crippen molar-refractivity contribution in [3.63, 3.8) is 0 Å². The first-order chi connectivity index (χ1) is 19.5. The molecule has 40 heavy (non-hydrogen) atoms. The fraction of sp³-hybridized carbons (Fsp3) is 0.233. The van der Waals surface area contributed by atoms with Crippen LogP contribution in [0.1, 0.15) is 23.4 Å². The van der Waals surface area contributed by atoms with Crippen LogP contribution in [0.3, 0.4) is 0 Å². The maximum absolute atomic E-state index is 13.5. The average Bonchev–Trinajstić information content (AvgIpc) is 3.76. The van der Waals surface area contributed by atoms with Crippen molar-refractivity contribution in [3.05, 3.63) is 94.4 Å². The van der Waals surface area contributed by atoms with Crippen LogP contribution in [0.5, 0.6) is 5.75 Å². The van der Waals surface area contributed by atoms with Gasteiger partial charge in [-0.05, 0) is 74.0 Å². The molecule has 0 N–H and O–H groups in total. The van der Waals surface area contributed by atoms with E-state index in [1.165, 1.54) is 41.3 Å². The van der Waals surface area contributed by atoms with Crippen LogP contribution in [0.2, 0.25) is 5.02 Å². The van der Waals surface area contributed by atoms with Crippen molar-refractivity contribution in [1.82, 2.24) is 14.5 Å².